The van der Waals surface area contributed by atoms with Crippen LogP contribution >= 0.6 is 35.0 Å². The van der Waals surface area contributed by atoms with Crippen LogP contribution in [0.4, 0.5) is 5.69 Å². The van der Waals surface area contributed by atoms with E-state index in [1.165, 1.54) is 17.8 Å². The predicted octanol–water partition coefficient (Wildman–Crippen LogP) is 4.88. The van der Waals surface area contributed by atoms with Crippen molar-refractivity contribution in [2.45, 2.75) is 39.0 Å². The summed E-state index contributed by atoms with van der Waals surface area (Å²) < 4.78 is 1.86. The number of carbonyl (C=O) groups is 2. The number of benzene rings is 2. The van der Waals surface area contributed by atoms with E-state index in [9.17, 15) is 9.59 Å². The zero-order chi connectivity index (χ0) is 23.3. The summed E-state index contributed by atoms with van der Waals surface area (Å²) in [4.78, 5) is 24.8. The van der Waals surface area contributed by atoms with Crippen molar-refractivity contribution < 1.29 is 9.59 Å². The van der Waals surface area contributed by atoms with Gasteiger partial charge in [0.1, 0.15) is 0 Å². The molecular weight excluding hydrogens is 469 g/mol. The molecular formula is C22H23Cl2N5O2S. The second-order valence-corrected chi connectivity index (χ2v) is 8.92. The molecule has 0 radical (unpaired) electrons. The summed E-state index contributed by atoms with van der Waals surface area (Å²) in [6.07, 6.45) is 0. The van der Waals surface area contributed by atoms with Crippen LogP contribution in [0.15, 0.2) is 41.6 Å². The Morgan fingerprint density at radius 1 is 1.03 bits per heavy atom. The Bertz CT molecular complexity index is 1130. The van der Waals surface area contributed by atoms with Crippen molar-refractivity contribution in [2.24, 2.45) is 0 Å². The summed E-state index contributed by atoms with van der Waals surface area (Å²) in [6, 6.07) is 10.6. The SMILES string of the molecule is CCn1c(CNC(=O)c2ccc(Cl)c(Cl)c2)nnc1SCC(=O)Nc1cc(C)cc(C)c1. The van der Waals surface area contributed by atoms with Crippen LogP contribution in [0.5, 0.6) is 0 Å². The third-order valence-electron chi connectivity index (χ3n) is 4.54. The normalized spacial score (nSPS) is 10.8. The van der Waals surface area contributed by atoms with Gasteiger partial charge in [-0.3, -0.25) is 9.59 Å². The van der Waals surface area contributed by atoms with E-state index >= 15 is 0 Å². The molecule has 1 heterocycles. The fourth-order valence-corrected chi connectivity index (χ4v) is 4.27. The minimum absolute atomic E-state index is 0.125. The number of anilines is 1. The van der Waals surface area contributed by atoms with E-state index in [2.05, 4.69) is 26.9 Å². The van der Waals surface area contributed by atoms with Crippen LogP contribution < -0.4 is 10.6 Å². The zero-order valence-electron chi connectivity index (χ0n) is 17.9. The average molecular weight is 492 g/mol. The van der Waals surface area contributed by atoms with Gasteiger partial charge in [0.15, 0.2) is 11.0 Å². The smallest absolute Gasteiger partial charge is 0.251 e. The molecule has 0 unspecified atom stereocenters. The second-order valence-electron chi connectivity index (χ2n) is 7.17. The largest absolute Gasteiger partial charge is 0.345 e. The summed E-state index contributed by atoms with van der Waals surface area (Å²) in [5.41, 5.74) is 3.35. The molecule has 1 aromatic heterocycles. The molecule has 7 nitrogen and oxygen atoms in total. The van der Waals surface area contributed by atoms with Crippen molar-refractivity contribution in [3.05, 3.63) is 69.0 Å². The van der Waals surface area contributed by atoms with Gasteiger partial charge in [-0.2, -0.15) is 0 Å². The predicted molar refractivity (Wildman–Crippen MR) is 129 cm³/mol. The molecule has 0 saturated heterocycles. The Kier molecular flexibility index (Phi) is 8.17. The molecule has 168 valence electrons. The highest BCUT2D eigenvalue weighted by atomic mass is 35.5. The molecule has 3 rings (SSSR count). The first-order valence-electron chi connectivity index (χ1n) is 9.93. The van der Waals surface area contributed by atoms with Gasteiger partial charge in [0.25, 0.3) is 5.91 Å². The van der Waals surface area contributed by atoms with Crippen molar-refractivity contribution in [1.29, 1.82) is 0 Å². The molecule has 0 saturated carbocycles. The van der Waals surface area contributed by atoms with Crippen molar-refractivity contribution in [1.82, 2.24) is 20.1 Å². The minimum atomic E-state index is -0.295. The fourth-order valence-electron chi connectivity index (χ4n) is 3.15. The van der Waals surface area contributed by atoms with Gasteiger partial charge in [-0.1, -0.05) is 41.0 Å². The summed E-state index contributed by atoms with van der Waals surface area (Å²) in [7, 11) is 0. The zero-order valence-corrected chi connectivity index (χ0v) is 20.2. The number of nitrogens with zero attached hydrogens (tertiary/aromatic N) is 3. The van der Waals surface area contributed by atoms with Gasteiger partial charge in [0.05, 0.1) is 22.3 Å². The van der Waals surface area contributed by atoms with Crippen molar-refractivity contribution >= 4 is 52.5 Å². The number of hydrogen-bond acceptors (Lipinski definition) is 5. The number of aromatic nitrogens is 3. The number of aryl methyl sites for hydroxylation is 2. The lowest BCUT2D eigenvalue weighted by atomic mass is 10.1. The molecule has 2 aromatic carbocycles. The highest BCUT2D eigenvalue weighted by Gasteiger charge is 2.15. The lowest BCUT2D eigenvalue weighted by Crippen LogP contribution is -2.24. The first-order valence-corrected chi connectivity index (χ1v) is 11.7. The summed E-state index contributed by atoms with van der Waals surface area (Å²) in [5.74, 6) is 0.371. The average Bonchev–Trinajstić information content (AvgIpc) is 3.13. The number of hydrogen-bond donors (Lipinski definition) is 2. The van der Waals surface area contributed by atoms with E-state index in [1.54, 1.807) is 12.1 Å². The standard InChI is InChI=1S/C22H23Cl2N5O2S/c1-4-29-19(11-25-21(31)15-5-6-17(23)18(24)10-15)27-28-22(29)32-12-20(30)26-16-8-13(2)7-14(3)9-16/h5-10H,4,11-12H2,1-3H3,(H,25,31)(H,26,30). The van der Waals surface area contributed by atoms with Crippen LogP contribution in [0.25, 0.3) is 0 Å². The van der Waals surface area contributed by atoms with Crippen molar-refractivity contribution in [3.63, 3.8) is 0 Å². The molecule has 0 fully saturated rings. The quantitative estimate of drug-likeness (QED) is 0.438. The Labute approximate surface area is 200 Å². The van der Waals surface area contributed by atoms with Crippen LogP contribution in [-0.2, 0) is 17.9 Å². The summed E-state index contributed by atoms with van der Waals surface area (Å²) in [6.45, 7) is 6.72. The second kappa shape index (κ2) is 10.8. The number of rotatable bonds is 8. The Balaban J connectivity index is 1.58. The number of amides is 2. The first-order chi connectivity index (χ1) is 15.3. The van der Waals surface area contributed by atoms with Crippen LogP contribution in [-0.4, -0.2) is 32.3 Å². The molecule has 0 spiro atoms. The maximum Gasteiger partial charge on any atom is 0.251 e. The van der Waals surface area contributed by atoms with Gasteiger partial charge in [-0.15, -0.1) is 10.2 Å². The number of carbonyl (C=O) groups excluding carboxylic acids is 2. The maximum absolute atomic E-state index is 12.4. The highest BCUT2D eigenvalue weighted by molar-refractivity contribution is 7.99. The molecule has 0 aliphatic rings. The number of halogens is 2. The van der Waals surface area contributed by atoms with E-state index < -0.39 is 0 Å². The molecule has 0 bridgehead atoms. The number of thioether (sulfide) groups is 1. The first kappa shape index (κ1) is 24.1. The Morgan fingerprint density at radius 2 is 1.75 bits per heavy atom. The molecule has 3 aromatic rings. The van der Waals surface area contributed by atoms with Crippen molar-refractivity contribution in [2.75, 3.05) is 11.1 Å². The van der Waals surface area contributed by atoms with Gasteiger partial charge < -0.3 is 15.2 Å². The summed E-state index contributed by atoms with van der Waals surface area (Å²) >= 11 is 13.2. The van der Waals surface area contributed by atoms with Crippen molar-refractivity contribution in [3.8, 4) is 0 Å². The molecule has 10 heteroatoms. The maximum atomic E-state index is 12.4. The lowest BCUT2D eigenvalue weighted by Gasteiger charge is -2.10. The lowest BCUT2D eigenvalue weighted by molar-refractivity contribution is -0.113. The molecule has 2 N–H and O–H groups in total. The van der Waals surface area contributed by atoms with Gasteiger partial charge in [0, 0.05) is 17.8 Å². The molecule has 0 aliphatic carbocycles. The highest BCUT2D eigenvalue weighted by Crippen LogP contribution is 2.23. The van der Waals surface area contributed by atoms with Crippen LogP contribution in [0.2, 0.25) is 10.0 Å². The van der Waals surface area contributed by atoms with Crippen LogP contribution in [0.1, 0.15) is 34.2 Å². The van der Waals surface area contributed by atoms with E-state index in [4.69, 9.17) is 23.2 Å². The Hall–Kier alpha value is -2.55. The molecule has 2 amide bonds. The fraction of sp³-hybridized carbons (Fsp3) is 0.273. The van der Waals surface area contributed by atoms with Gasteiger partial charge in [-0.05, 0) is 62.2 Å². The van der Waals surface area contributed by atoms with Gasteiger partial charge in [-0.25, -0.2) is 0 Å². The monoisotopic (exact) mass is 491 g/mol. The van der Waals surface area contributed by atoms with Crippen LogP contribution in [0, 0.1) is 13.8 Å². The van der Waals surface area contributed by atoms with E-state index in [0.717, 1.165) is 16.8 Å². The molecule has 0 atom stereocenters. The topological polar surface area (TPSA) is 88.9 Å². The van der Waals surface area contributed by atoms with Crippen LogP contribution in [0.3, 0.4) is 0 Å². The molecule has 0 aliphatic heterocycles. The van der Waals surface area contributed by atoms with E-state index in [0.29, 0.717) is 33.1 Å². The third-order valence-corrected chi connectivity index (χ3v) is 6.24. The third kappa shape index (κ3) is 6.25. The van der Waals surface area contributed by atoms with E-state index in [1.807, 2.05) is 37.5 Å². The van der Waals surface area contributed by atoms with E-state index in [-0.39, 0.29) is 24.1 Å². The Morgan fingerprint density at radius 3 is 2.41 bits per heavy atom. The van der Waals surface area contributed by atoms with Gasteiger partial charge in [0.2, 0.25) is 5.91 Å². The van der Waals surface area contributed by atoms with Gasteiger partial charge >= 0.3 is 0 Å². The molecule has 32 heavy (non-hydrogen) atoms. The minimum Gasteiger partial charge on any atom is -0.345 e. The number of nitrogens with one attached hydrogen (secondary N) is 2. The summed E-state index contributed by atoms with van der Waals surface area (Å²) in [5, 5.41) is 15.4.